The van der Waals surface area contributed by atoms with Crippen LogP contribution in [0, 0.1) is 5.92 Å². The fourth-order valence-electron chi connectivity index (χ4n) is 2.33. The number of nitrogens with one attached hydrogen (secondary N) is 2. The van der Waals surface area contributed by atoms with Gasteiger partial charge in [0.2, 0.25) is 5.91 Å². The number of carbonyl (C=O) groups is 1. The zero-order chi connectivity index (χ0) is 18.4. The second kappa shape index (κ2) is 9.56. The second-order valence-electron chi connectivity index (χ2n) is 5.78. The van der Waals surface area contributed by atoms with Crippen LogP contribution in [-0.2, 0) is 14.8 Å². The average Bonchev–Trinajstić information content (AvgIpc) is 2.62. The summed E-state index contributed by atoms with van der Waals surface area (Å²) in [5.41, 5.74) is 1.02. The monoisotopic (exact) mass is 397 g/mol. The first-order chi connectivity index (χ1) is 11.9. The van der Waals surface area contributed by atoms with E-state index in [4.69, 9.17) is 0 Å². The van der Waals surface area contributed by atoms with E-state index in [1.165, 1.54) is 23.5 Å². The molecule has 0 aliphatic carbocycles. The molecule has 2 aromatic carbocycles. The molecule has 0 saturated heterocycles. The molecule has 2 aromatic rings. The number of hydrogen-bond donors (Lipinski definition) is 2. The van der Waals surface area contributed by atoms with Crippen LogP contribution >= 0.6 is 12.4 Å². The third kappa shape index (κ3) is 5.20. The van der Waals surface area contributed by atoms with E-state index >= 15 is 0 Å². The van der Waals surface area contributed by atoms with Gasteiger partial charge in [-0.25, -0.2) is 8.42 Å². The molecule has 0 aliphatic heterocycles. The molecule has 1 unspecified atom stereocenters. The van der Waals surface area contributed by atoms with E-state index in [1.807, 2.05) is 6.07 Å². The van der Waals surface area contributed by atoms with Gasteiger partial charge in [-0.1, -0.05) is 31.2 Å². The summed E-state index contributed by atoms with van der Waals surface area (Å²) < 4.78 is 26.8. The molecule has 1 atom stereocenters. The lowest BCUT2D eigenvalue weighted by molar-refractivity contribution is -0.119. The minimum Gasteiger partial charge on any atom is -0.326 e. The van der Waals surface area contributed by atoms with Crippen molar-refractivity contribution in [1.29, 1.82) is 0 Å². The maximum atomic E-state index is 12.8. The Labute approximate surface area is 161 Å². The first-order valence-corrected chi connectivity index (χ1v) is 9.39. The maximum absolute atomic E-state index is 12.8. The summed E-state index contributed by atoms with van der Waals surface area (Å²) >= 11 is 0. The van der Waals surface area contributed by atoms with Crippen LogP contribution in [0.2, 0.25) is 0 Å². The third-order valence-corrected chi connectivity index (χ3v) is 5.62. The quantitative estimate of drug-likeness (QED) is 0.752. The van der Waals surface area contributed by atoms with Crippen molar-refractivity contribution in [2.75, 3.05) is 30.3 Å². The Morgan fingerprint density at radius 2 is 1.77 bits per heavy atom. The molecule has 2 N–H and O–H groups in total. The highest BCUT2D eigenvalue weighted by Gasteiger charge is 2.22. The molecule has 0 bridgehead atoms. The molecule has 6 nitrogen and oxygen atoms in total. The molecule has 0 aliphatic rings. The van der Waals surface area contributed by atoms with Gasteiger partial charge in [-0.2, -0.15) is 0 Å². The summed E-state index contributed by atoms with van der Waals surface area (Å²) in [4.78, 5) is 12.2. The van der Waals surface area contributed by atoms with Gasteiger partial charge in [0, 0.05) is 25.2 Å². The number of anilines is 2. The van der Waals surface area contributed by atoms with Gasteiger partial charge in [0.1, 0.15) is 0 Å². The van der Waals surface area contributed by atoms with Gasteiger partial charge in [0.05, 0.1) is 10.6 Å². The van der Waals surface area contributed by atoms with Crippen LogP contribution in [0.4, 0.5) is 11.4 Å². The zero-order valence-electron chi connectivity index (χ0n) is 15.0. The molecule has 0 radical (unpaired) electrons. The molecule has 142 valence electrons. The van der Waals surface area contributed by atoms with E-state index in [-0.39, 0.29) is 29.1 Å². The lowest BCUT2D eigenvalue weighted by atomic mass is 10.1. The average molecular weight is 398 g/mol. The van der Waals surface area contributed by atoms with Crippen LogP contribution in [0.5, 0.6) is 0 Å². The second-order valence-corrected chi connectivity index (χ2v) is 7.75. The van der Waals surface area contributed by atoms with E-state index in [9.17, 15) is 13.2 Å². The van der Waals surface area contributed by atoms with E-state index in [2.05, 4.69) is 10.6 Å². The van der Waals surface area contributed by atoms with Crippen molar-refractivity contribution in [3.05, 3.63) is 54.6 Å². The number of sulfonamides is 1. The van der Waals surface area contributed by atoms with Gasteiger partial charge in [0.25, 0.3) is 10.0 Å². The Bertz CT molecular complexity index is 829. The van der Waals surface area contributed by atoms with Crippen molar-refractivity contribution in [3.8, 4) is 0 Å². The largest absolute Gasteiger partial charge is 0.326 e. The van der Waals surface area contributed by atoms with Crippen molar-refractivity contribution >= 4 is 39.7 Å². The van der Waals surface area contributed by atoms with Crippen molar-refractivity contribution < 1.29 is 13.2 Å². The Morgan fingerprint density at radius 1 is 1.12 bits per heavy atom. The van der Waals surface area contributed by atoms with E-state index < -0.39 is 10.0 Å². The predicted octanol–water partition coefficient (Wildman–Crippen LogP) is 2.73. The summed E-state index contributed by atoms with van der Waals surface area (Å²) in [5.74, 6) is -0.391. The molecular formula is C18H24ClN3O3S. The van der Waals surface area contributed by atoms with Crippen LogP contribution in [0.3, 0.4) is 0 Å². The number of para-hydroxylation sites is 1. The maximum Gasteiger partial charge on any atom is 0.264 e. The topological polar surface area (TPSA) is 78.5 Å². The van der Waals surface area contributed by atoms with Crippen LogP contribution in [0.25, 0.3) is 0 Å². The minimum absolute atomic E-state index is 0. The number of rotatable bonds is 7. The highest BCUT2D eigenvalue weighted by Crippen LogP contribution is 2.23. The molecule has 1 amide bonds. The van der Waals surface area contributed by atoms with Crippen molar-refractivity contribution in [3.63, 3.8) is 0 Å². The van der Waals surface area contributed by atoms with Crippen LogP contribution in [0.1, 0.15) is 6.92 Å². The Kier molecular flexibility index (Phi) is 8.08. The normalized spacial score (nSPS) is 12.0. The first kappa shape index (κ1) is 22.0. The smallest absolute Gasteiger partial charge is 0.264 e. The molecule has 26 heavy (non-hydrogen) atoms. The third-order valence-electron chi connectivity index (χ3n) is 3.84. The van der Waals surface area contributed by atoms with Crippen LogP contribution < -0.4 is 14.9 Å². The van der Waals surface area contributed by atoms with Gasteiger partial charge in [0.15, 0.2) is 0 Å². The molecule has 0 fully saturated rings. The number of nitrogens with zero attached hydrogens (tertiary/aromatic N) is 1. The van der Waals surface area contributed by atoms with Gasteiger partial charge < -0.3 is 10.6 Å². The van der Waals surface area contributed by atoms with Crippen LogP contribution in [0.15, 0.2) is 59.5 Å². The fraction of sp³-hybridized carbons (Fsp3) is 0.278. The summed E-state index contributed by atoms with van der Waals surface area (Å²) in [7, 11) is -0.432. The van der Waals surface area contributed by atoms with Gasteiger partial charge >= 0.3 is 0 Å². The molecule has 0 aromatic heterocycles. The SMILES string of the molecule is CNCC(C)C(=O)Nc1cccc(S(=O)(=O)N(C)c2ccccc2)c1.Cl. The Balaban J connectivity index is 0.00000338. The number of hydrogen-bond acceptors (Lipinski definition) is 4. The molecule has 8 heteroatoms. The van der Waals surface area contributed by atoms with Crippen molar-refractivity contribution in [1.82, 2.24) is 5.32 Å². The summed E-state index contributed by atoms with van der Waals surface area (Å²) in [5, 5.41) is 5.70. The minimum atomic E-state index is -3.71. The highest BCUT2D eigenvalue weighted by molar-refractivity contribution is 7.92. The van der Waals surface area contributed by atoms with Crippen molar-refractivity contribution in [2.24, 2.45) is 5.92 Å². The lowest BCUT2D eigenvalue weighted by Gasteiger charge is -2.20. The zero-order valence-corrected chi connectivity index (χ0v) is 16.6. The summed E-state index contributed by atoms with van der Waals surface area (Å²) in [6, 6.07) is 15.1. The van der Waals surface area contributed by atoms with Gasteiger partial charge in [-0.15, -0.1) is 12.4 Å². The predicted molar refractivity (Wildman–Crippen MR) is 107 cm³/mol. The number of amides is 1. The Hall–Kier alpha value is -2.09. The fourth-order valence-corrected chi connectivity index (χ4v) is 3.58. The molecule has 0 saturated carbocycles. The molecule has 0 spiro atoms. The highest BCUT2D eigenvalue weighted by atomic mass is 35.5. The van der Waals surface area contributed by atoms with Crippen LogP contribution in [-0.4, -0.2) is 35.0 Å². The van der Waals surface area contributed by atoms with E-state index in [1.54, 1.807) is 50.4 Å². The molecular weight excluding hydrogens is 374 g/mol. The number of benzene rings is 2. The van der Waals surface area contributed by atoms with E-state index in [0.717, 1.165) is 0 Å². The lowest BCUT2D eigenvalue weighted by Crippen LogP contribution is -2.29. The molecule has 0 heterocycles. The van der Waals surface area contributed by atoms with Gasteiger partial charge in [-0.05, 0) is 37.4 Å². The Morgan fingerprint density at radius 3 is 2.38 bits per heavy atom. The molecule has 2 rings (SSSR count). The van der Waals surface area contributed by atoms with Crippen molar-refractivity contribution in [2.45, 2.75) is 11.8 Å². The number of halogens is 1. The standard InChI is InChI=1S/C18H23N3O3S.ClH/c1-14(13-19-2)18(22)20-15-8-7-11-17(12-15)25(23,24)21(3)16-9-5-4-6-10-16;/h4-12,14,19H,13H2,1-3H3,(H,20,22);1H. The number of carbonyl (C=O) groups excluding carboxylic acids is 1. The summed E-state index contributed by atoms with van der Waals surface area (Å²) in [6.45, 7) is 2.34. The first-order valence-electron chi connectivity index (χ1n) is 7.95. The summed E-state index contributed by atoms with van der Waals surface area (Å²) in [6.07, 6.45) is 0. The van der Waals surface area contributed by atoms with Gasteiger partial charge in [-0.3, -0.25) is 9.10 Å². The van der Waals surface area contributed by atoms with E-state index in [0.29, 0.717) is 17.9 Å².